The predicted molar refractivity (Wildman–Crippen MR) is 75.8 cm³/mol. The lowest BCUT2D eigenvalue weighted by molar-refractivity contribution is -0.0257. The van der Waals surface area contributed by atoms with Crippen LogP contribution in [0.4, 0.5) is 0 Å². The van der Waals surface area contributed by atoms with Crippen LogP contribution >= 0.6 is 0 Å². The highest BCUT2D eigenvalue weighted by atomic mass is 16.5. The highest BCUT2D eigenvalue weighted by molar-refractivity contribution is 4.76. The summed E-state index contributed by atoms with van der Waals surface area (Å²) >= 11 is 0. The first-order valence-corrected chi connectivity index (χ1v) is 7.82. The van der Waals surface area contributed by atoms with Gasteiger partial charge in [0.05, 0.1) is 12.7 Å². The molecule has 0 aromatic heterocycles. The maximum atomic E-state index is 5.82. The molecule has 3 unspecified atom stereocenters. The van der Waals surface area contributed by atoms with Crippen LogP contribution in [-0.2, 0) is 4.74 Å². The van der Waals surface area contributed by atoms with E-state index < -0.39 is 0 Å². The third kappa shape index (κ3) is 4.52. The molecule has 0 bridgehead atoms. The van der Waals surface area contributed by atoms with Crippen molar-refractivity contribution in [3.63, 3.8) is 0 Å². The van der Waals surface area contributed by atoms with Crippen LogP contribution in [0.2, 0.25) is 0 Å². The maximum absolute atomic E-state index is 5.82. The Morgan fingerprint density at radius 3 is 2.94 bits per heavy atom. The molecule has 0 spiro atoms. The third-order valence-corrected chi connectivity index (χ3v) is 4.52. The molecule has 106 valence electrons. The largest absolute Gasteiger partial charge is 0.374 e. The number of likely N-dealkylation sites (N-methyl/N-ethyl adjacent to an activating group) is 1. The molecule has 1 saturated carbocycles. The summed E-state index contributed by atoms with van der Waals surface area (Å²) in [6.45, 7) is 11.1. The van der Waals surface area contributed by atoms with Gasteiger partial charge in [-0.2, -0.15) is 0 Å². The smallest absolute Gasteiger partial charge is 0.0826 e. The van der Waals surface area contributed by atoms with E-state index in [4.69, 9.17) is 4.74 Å². The van der Waals surface area contributed by atoms with Crippen molar-refractivity contribution in [2.45, 2.75) is 45.6 Å². The van der Waals surface area contributed by atoms with Gasteiger partial charge in [-0.25, -0.2) is 0 Å². The molecule has 18 heavy (non-hydrogen) atoms. The molecule has 0 aromatic carbocycles. The van der Waals surface area contributed by atoms with E-state index in [1.165, 1.54) is 32.2 Å². The van der Waals surface area contributed by atoms with Crippen molar-refractivity contribution < 1.29 is 4.74 Å². The lowest BCUT2D eigenvalue weighted by Gasteiger charge is -2.33. The topological polar surface area (TPSA) is 24.5 Å². The van der Waals surface area contributed by atoms with Crippen molar-refractivity contribution in [3.8, 4) is 0 Å². The number of hydrogen-bond acceptors (Lipinski definition) is 3. The number of nitrogens with zero attached hydrogens (tertiary/aromatic N) is 1. The first-order valence-electron chi connectivity index (χ1n) is 7.82. The summed E-state index contributed by atoms with van der Waals surface area (Å²) in [5.74, 6) is 1.84. The van der Waals surface area contributed by atoms with Gasteiger partial charge in [0.2, 0.25) is 0 Å². The van der Waals surface area contributed by atoms with Gasteiger partial charge in [-0.05, 0) is 37.8 Å². The van der Waals surface area contributed by atoms with Crippen LogP contribution in [0.5, 0.6) is 0 Å². The molecule has 2 fully saturated rings. The first-order chi connectivity index (χ1) is 8.78. The SMILES string of the molecule is CCN1CCOC(CNCC2CCCC(C)C2)C1. The van der Waals surface area contributed by atoms with Crippen LogP contribution in [0.25, 0.3) is 0 Å². The molecule has 2 aliphatic rings. The number of rotatable bonds is 5. The molecular formula is C15H30N2O. The van der Waals surface area contributed by atoms with E-state index in [9.17, 15) is 0 Å². The molecule has 0 amide bonds. The number of morpholine rings is 1. The van der Waals surface area contributed by atoms with Gasteiger partial charge in [0.1, 0.15) is 0 Å². The van der Waals surface area contributed by atoms with Crippen molar-refractivity contribution in [2.75, 3.05) is 39.3 Å². The van der Waals surface area contributed by atoms with Gasteiger partial charge < -0.3 is 10.1 Å². The van der Waals surface area contributed by atoms with Crippen LogP contribution in [0.1, 0.15) is 39.5 Å². The fraction of sp³-hybridized carbons (Fsp3) is 1.00. The second kappa shape index (κ2) is 7.46. The highest BCUT2D eigenvalue weighted by Gasteiger charge is 2.21. The standard InChI is InChI=1S/C15H30N2O/c1-3-17-7-8-18-15(12-17)11-16-10-14-6-4-5-13(2)9-14/h13-16H,3-12H2,1-2H3. The van der Waals surface area contributed by atoms with E-state index >= 15 is 0 Å². The molecule has 0 aromatic rings. The van der Waals surface area contributed by atoms with Gasteiger partial charge >= 0.3 is 0 Å². The van der Waals surface area contributed by atoms with E-state index in [1.54, 1.807) is 0 Å². The fourth-order valence-electron chi connectivity index (χ4n) is 3.38. The van der Waals surface area contributed by atoms with Crippen molar-refractivity contribution in [1.82, 2.24) is 10.2 Å². The molecule has 0 radical (unpaired) electrons. The van der Waals surface area contributed by atoms with Crippen LogP contribution in [-0.4, -0.2) is 50.3 Å². The molecular weight excluding hydrogens is 224 g/mol. The normalized spacial score (nSPS) is 34.7. The summed E-state index contributed by atoms with van der Waals surface area (Å²) in [5, 5.41) is 3.64. The summed E-state index contributed by atoms with van der Waals surface area (Å²) in [4.78, 5) is 2.48. The van der Waals surface area contributed by atoms with E-state index in [-0.39, 0.29) is 0 Å². The van der Waals surface area contributed by atoms with Crippen LogP contribution in [0.15, 0.2) is 0 Å². The minimum atomic E-state index is 0.403. The fourth-order valence-corrected chi connectivity index (χ4v) is 3.38. The quantitative estimate of drug-likeness (QED) is 0.813. The van der Waals surface area contributed by atoms with E-state index in [1.807, 2.05) is 0 Å². The average Bonchev–Trinajstić information content (AvgIpc) is 2.39. The lowest BCUT2D eigenvalue weighted by Crippen LogP contribution is -2.47. The molecule has 1 aliphatic heterocycles. The van der Waals surface area contributed by atoms with Gasteiger partial charge in [0.15, 0.2) is 0 Å². The van der Waals surface area contributed by atoms with Gasteiger partial charge in [0, 0.05) is 19.6 Å². The van der Waals surface area contributed by atoms with Crippen molar-refractivity contribution >= 4 is 0 Å². The molecule has 1 heterocycles. The average molecular weight is 254 g/mol. The Balaban J connectivity index is 1.59. The Labute approximate surface area is 112 Å². The molecule has 3 nitrogen and oxygen atoms in total. The number of ether oxygens (including phenoxy) is 1. The van der Waals surface area contributed by atoms with E-state index in [2.05, 4.69) is 24.1 Å². The summed E-state index contributed by atoms with van der Waals surface area (Å²) in [7, 11) is 0. The van der Waals surface area contributed by atoms with E-state index in [0.717, 1.165) is 44.6 Å². The Morgan fingerprint density at radius 1 is 1.28 bits per heavy atom. The van der Waals surface area contributed by atoms with E-state index in [0.29, 0.717) is 6.10 Å². The van der Waals surface area contributed by atoms with Crippen LogP contribution < -0.4 is 5.32 Å². The predicted octanol–water partition coefficient (Wildman–Crippen LogP) is 2.12. The minimum absolute atomic E-state index is 0.403. The summed E-state index contributed by atoms with van der Waals surface area (Å²) in [5.41, 5.74) is 0. The summed E-state index contributed by atoms with van der Waals surface area (Å²) in [6.07, 6.45) is 6.11. The lowest BCUT2D eigenvalue weighted by atomic mass is 9.82. The van der Waals surface area contributed by atoms with Crippen molar-refractivity contribution in [3.05, 3.63) is 0 Å². The zero-order valence-electron chi connectivity index (χ0n) is 12.2. The number of hydrogen-bond donors (Lipinski definition) is 1. The first kappa shape index (κ1) is 14.3. The van der Waals surface area contributed by atoms with Gasteiger partial charge in [-0.3, -0.25) is 4.90 Å². The van der Waals surface area contributed by atoms with Gasteiger partial charge in [0.25, 0.3) is 0 Å². The highest BCUT2D eigenvalue weighted by Crippen LogP contribution is 2.27. The number of nitrogens with one attached hydrogen (secondary N) is 1. The Morgan fingerprint density at radius 2 is 2.17 bits per heavy atom. The molecule has 3 atom stereocenters. The zero-order valence-corrected chi connectivity index (χ0v) is 12.2. The van der Waals surface area contributed by atoms with Crippen LogP contribution in [0, 0.1) is 11.8 Å². The molecule has 3 heteroatoms. The van der Waals surface area contributed by atoms with Crippen molar-refractivity contribution in [2.24, 2.45) is 11.8 Å². The summed E-state index contributed by atoms with van der Waals surface area (Å²) in [6, 6.07) is 0. The summed E-state index contributed by atoms with van der Waals surface area (Å²) < 4.78 is 5.82. The molecule has 1 aliphatic carbocycles. The third-order valence-electron chi connectivity index (χ3n) is 4.52. The molecule has 1 saturated heterocycles. The Bertz CT molecular complexity index is 235. The maximum Gasteiger partial charge on any atom is 0.0826 e. The second-order valence-electron chi connectivity index (χ2n) is 6.18. The Kier molecular flexibility index (Phi) is 5.93. The Hall–Kier alpha value is -0.120. The second-order valence-corrected chi connectivity index (χ2v) is 6.18. The molecule has 1 N–H and O–H groups in total. The van der Waals surface area contributed by atoms with Gasteiger partial charge in [-0.15, -0.1) is 0 Å². The molecule has 2 rings (SSSR count). The van der Waals surface area contributed by atoms with Crippen molar-refractivity contribution in [1.29, 1.82) is 0 Å². The van der Waals surface area contributed by atoms with Gasteiger partial charge in [-0.1, -0.05) is 26.7 Å². The minimum Gasteiger partial charge on any atom is -0.374 e. The van der Waals surface area contributed by atoms with Crippen LogP contribution in [0.3, 0.4) is 0 Å². The monoisotopic (exact) mass is 254 g/mol. The zero-order chi connectivity index (χ0) is 12.8.